The number of aromatic nitrogens is 4. The number of nitrogens with one attached hydrogen (secondary N) is 1. The maximum absolute atomic E-state index is 11.1. The van der Waals surface area contributed by atoms with Crippen LogP contribution in [0.1, 0.15) is 12.0 Å². The second kappa shape index (κ2) is 5.26. The highest BCUT2D eigenvalue weighted by Crippen LogP contribution is 2.23. The predicted molar refractivity (Wildman–Crippen MR) is 64.4 cm³/mol. The Hall–Kier alpha value is -2.44. The summed E-state index contributed by atoms with van der Waals surface area (Å²) in [7, 11) is 1.37. The monoisotopic (exact) mass is 247 g/mol. The van der Waals surface area contributed by atoms with Crippen molar-refractivity contribution in [2.45, 2.75) is 12.8 Å². The molecule has 0 spiro atoms. The van der Waals surface area contributed by atoms with Crippen LogP contribution in [0, 0.1) is 0 Å². The van der Waals surface area contributed by atoms with Crippen LogP contribution in [-0.2, 0) is 16.0 Å². The molecule has 1 heterocycles. The molecule has 0 saturated heterocycles. The van der Waals surface area contributed by atoms with E-state index >= 15 is 0 Å². The molecule has 0 radical (unpaired) electrons. The van der Waals surface area contributed by atoms with Crippen molar-refractivity contribution in [2.24, 2.45) is 0 Å². The van der Waals surface area contributed by atoms with E-state index in [2.05, 4.69) is 25.4 Å². The zero-order chi connectivity index (χ0) is 13.0. The van der Waals surface area contributed by atoms with Gasteiger partial charge in [-0.2, -0.15) is 5.21 Å². The van der Waals surface area contributed by atoms with Crippen LogP contribution in [0.3, 0.4) is 0 Å². The highest BCUT2D eigenvalue weighted by Gasteiger charge is 2.09. The maximum atomic E-state index is 11.1. The number of ether oxygens (including phenoxy) is 1. The Labute approximate surface area is 103 Å². The van der Waals surface area contributed by atoms with Crippen molar-refractivity contribution in [2.75, 3.05) is 12.8 Å². The minimum atomic E-state index is -0.243. The van der Waals surface area contributed by atoms with Crippen molar-refractivity contribution in [3.8, 4) is 11.4 Å². The van der Waals surface area contributed by atoms with Crippen LogP contribution >= 0.6 is 0 Å². The van der Waals surface area contributed by atoms with Gasteiger partial charge in [0.1, 0.15) is 0 Å². The lowest BCUT2D eigenvalue weighted by atomic mass is 10.0. The van der Waals surface area contributed by atoms with Gasteiger partial charge < -0.3 is 10.5 Å². The van der Waals surface area contributed by atoms with E-state index < -0.39 is 0 Å². The summed E-state index contributed by atoms with van der Waals surface area (Å²) >= 11 is 0. The summed E-state index contributed by atoms with van der Waals surface area (Å²) in [5, 5.41) is 13.6. The van der Waals surface area contributed by atoms with Crippen molar-refractivity contribution in [3.05, 3.63) is 23.8 Å². The van der Waals surface area contributed by atoms with E-state index in [0.29, 0.717) is 29.9 Å². The molecule has 2 aromatic rings. The molecule has 18 heavy (non-hydrogen) atoms. The van der Waals surface area contributed by atoms with Crippen molar-refractivity contribution in [1.29, 1.82) is 0 Å². The third-order valence-electron chi connectivity index (χ3n) is 2.55. The molecule has 7 heteroatoms. The van der Waals surface area contributed by atoms with Gasteiger partial charge in [0.25, 0.3) is 0 Å². The van der Waals surface area contributed by atoms with Gasteiger partial charge in [-0.25, -0.2) is 0 Å². The number of esters is 1. The third-order valence-corrected chi connectivity index (χ3v) is 2.55. The molecule has 1 aromatic heterocycles. The zero-order valence-corrected chi connectivity index (χ0v) is 9.88. The van der Waals surface area contributed by atoms with Gasteiger partial charge in [0.05, 0.1) is 7.11 Å². The molecule has 0 aliphatic rings. The molecule has 7 nitrogen and oxygen atoms in total. The summed E-state index contributed by atoms with van der Waals surface area (Å²) in [5.41, 5.74) is 8.08. The van der Waals surface area contributed by atoms with Crippen molar-refractivity contribution in [3.63, 3.8) is 0 Å². The number of nitrogen functional groups attached to an aromatic ring is 1. The first-order valence-electron chi connectivity index (χ1n) is 5.39. The van der Waals surface area contributed by atoms with E-state index in [-0.39, 0.29) is 5.97 Å². The van der Waals surface area contributed by atoms with E-state index in [9.17, 15) is 4.79 Å². The minimum absolute atomic E-state index is 0.243. The largest absolute Gasteiger partial charge is 0.469 e. The van der Waals surface area contributed by atoms with Gasteiger partial charge in [0.2, 0.25) is 5.82 Å². The fourth-order valence-electron chi connectivity index (χ4n) is 1.58. The van der Waals surface area contributed by atoms with Gasteiger partial charge >= 0.3 is 5.97 Å². The summed E-state index contributed by atoms with van der Waals surface area (Å²) in [5.74, 6) is 0.195. The van der Waals surface area contributed by atoms with E-state index in [1.165, 1.54) is 7.11 Å². The van der Waals surface area contributed by atoms with E-state index in [1.807, 2.05) is 12.1 Å². The first kappa shape index (κ1) is 12.0. The molecule has 0 unspecified atom stereocenters. The second-order valence-corrected chi connectivity index (χ2v) is 3.73. The quantitative estimate of drug-likeness (QED) is 0.603. The first-order chi connectivity index (χ1) is 8.70. The Morgan fingerprint density at radius 2 is 2.33 bits per heavy atom. The Morgan fingerprint density at radius 3 is 3.00 bits per heavy atom. The number of carbonyl (C=O) groups excluding carboxylic acids is 1. The Kier molecular flexibility index (Phi) is 3.52. The molecule has 0 atom stereocenters. The zero-order valence-electron chi connectivity index (χ0n) is 9.88. The Bertz CT molecular complexity index is 538. The molecule has 1 aromatic carbocycles. The fraction of sp³-hybridized carbons (Fsp3) is 0.273. The number of rotatable bonds is 4. The summed E-state index contributed by atoms with van der Waals surface area (Å²) < 4.78 is 4.59. The minimum Gasteiger partial charge on any atom is -0.469 e. The number of carbonyl (C=O) groups is 1. The number of anilines is 1. The van der Waals surface area contributed by atoms with Crippen LogP contribution in [0.5, 0.6) is 0 Å². The molecule has 94 valence electrons. The SMILES string of the molecule is COC(=O)CCc1ccc(N)c(-c2nn[nH]n2)c1. The Balaban J connectivity index is 2.19. The first-order valence-corrected chi connectivity index (χ1v) is 5.39. The number of methoxy groups -OCH3 is 1. The number of hydrogen-bond donors (Lipinski definition) is 2. The number of nitrogens with two attached hydrogens (primary N) is 1. The maximum Gasteiger partial charge on any atom is 0.305 e. The standard InChI is InChI=1S/C11H13N5O2/c1-18-10(17)5-3-7-2-4-9(12)8(6-7)11-13-15-16-14-11/h2,4,6H,3,5,12H2,1H3,(H,13,14,15,16). The molecule has 0 amide bonds. The van der Waals surface area contributed by atoms with Crippen LogP contribution < -0.4 is 5.73 Å². The lowest BCUT2D eigenvalue weighted by Gasteiger charge is -2.05. The van der Waals surface area contributed by atoms with Gasteiger partial charge in [0, 0.05) is 17.7 Å². The van der Waals surface area contributed by atoms with E-state index in [0.717, 1.165) is 5.56 Å². The van der Waals surface area contributed by atoms with Crippen molar-refractivity contribution >= 4 is 11.7 Å². The second-order valence-electron chi connectivity index (χ2n) is 3.73. The van der Waals surface area contributed by atoms with Gasteiger partial charge in [-0.1, -0.05) is 6.07 Å². The normalized spacial score (nSPS) is 10.3. The lowest BCUT2D eigenvalue weighted by Crippen LogP contribution is -2.02. The average molecular weight is 247 g/mol. The molecular formula is C11H13N5O2. The third kappa shape index (κ3) is 2.62. The van der Waals surface area contributed by atoms with Crippen molar-refractivity contribution in [1.82, 2.24) is 20.6 Å². The Morgan fingerprint density at radius 1 is 1.50 bits per heavy atom. The summed E-state index contributed by atoms with van der Waals surface area (Å²) in [6.07, 6.45) is 0.907. The van der Waals surface area contributed by atoms with Gasteiger partial charge in [-0.15, -0.1) is 10.2 Å². The summed E-state index contributed by atoms with van der Waals surface area (Å²) in [6.45, 7) is 0. The molecule has 0 aliphatic heterocycles. The van der Waals surface area contributed by atoms with Gasteiger partial charge in [0.15, 0.2) is 0 Å². The summed E-state index contributed by atoms with van der Waals surface area (Å²) in [6, 6.07) is 5.48. The number of benzene rings is 1. The molecule has 2 rings (SSSR count). The van der Waals surface area contributed by atoms with Crippen molar-refractivity contribution < 1.29 is 9.53 Å². The van der Waals surface area contributed by atoms with E-state index in [4.69, 9.17) is 5.73 Å². The molecule has 0 aliphatic carbocycles. The molecule has 0 fully saturated rings. The van der Waals surface area contributed by atoms with Crippen LogP contribution in [0.25, 0.3) is 11.4 Å². The highest BCUT2D eigenvalue weighted by molar-refractivity contribution is 5.72. The smallest absolute Gasteiger partial charge is 0.305 e. The number of nitrogens with zero attached hydrogens (tertiary/aromatic N) is 3. The van der Waals surface area contributed by atoms with Crippen LogP contribution in [0.2, 0.25) is 0 Å². The lowest BCUT2D eigenvalue weighted by molar-refractivity contribution is -0.140. The van der Waals surface area contributed by atoms with Crippen LogP contribution in [0.15, 0.2) is 18.2 Å². The van der Waals surface area contributed by atoms with E-state index in [1.54, 1.807) is 6.07 Å². The molecule has 0 bridgehead atoms. The molecular weight excluding hydrogens is 234 g/mol. The number of aromatic amines is 1. The number of tetrazole rings is 1. The topological polar surface area (TPSA) is 107 Å². The summed E-state index contributed by atoms with van der Waals surface area (Å²) in [4.78, 5) is 11.1. The fourth-order valence-corrected chi connectivity index (χ4v) is 1.58. The number of H-pyrrole nitrogens is 1. The van der Waals surface area contributed by atoms with Crippen LogP contribution in [0.4, 0.5) is 5.69 Å². The molecule has 3 N–H and O–H groups in total. The molecule has 0 saturated carbocycles. The van der Waals surface area contributed by atoms with Crippen LogP contribution in [-0.4, -0.2) is 33.7 Å². The predicted octanol–water partition coefficient (Wildman–Crippen LogP) is 0.554. The number of aryl methyl sites for hydroxylation is 1. The number of hydrogen-bond acceptors (Lipinski definition) is 6. The highest BCUT2D eigenvalue weighted by atomic mass is 16.5. The van der Waals surface area contributed by atoms with Gasteiger partial charge in [-0.05, 0) is 29.3 Å². The van der Waals surface area contributed by atoms with Gasteiger partial charge in [-0.3, -0.25) is 4.79 Å². The average Bonchev–Trinajstić information content (AvgIpc) is 2.91.